The van der Waals surface area contributed by atoms with Crippen LogP contribution in [0.5, 0.6) is 0 Å². The SMILES string of the molecule is O=C(CI)CCCN(CCCC(=O)CI)C(=O)CCCCC(=O)ON1C(=O)CCC1=O. The third-order valence-corrected chi connectivity index (χ3v) is 6.34. The summed E-state index contributed by atoms with van der Waals surface area (Å²) in [5.41, 5.74) is 0. The van der Waals surface area contributed by atoms with Gasteiger partial charge in [0.25, 0.3) is 11.8 Å². The highest BCUT2D eigenvalue weighted by atomic mass is 127. The molecule has 0 spiro atoms. The van der Waals surface area contributed by atoms with Crippen LogP contribution in [0.2, 0.25) is 0 Å². The number of carbonyl (C=O) groups is 6. The summed E-state index contributed by atoms with van der Waals surface area (Å²) >= 11 is 4.03. The first-order chi connectivity index (χ1) is 14.8. The number of nitrogens with zero attached hydrogens (tertiary/aromatic N) is 2. The van der Waals surface area contributed by atoms with E-state index in [-0.39, 0.29) is 43.2 Å². The second-order valence-corrected chi connectivity index (χ2v) is 8.71. The Morgan fingerprint density at radius 1 is 0.774 bits per heavy atom. The van der Waals surface area contributed by atoms with E-state index in [9.17, 15) is 28.8 Å². The minimum Gasteiger partial charge on any atom is -0.343 e. The molecule has 31 heavy (non-hydrogen) atoms. The number of imide groups is 1. The number of hydrogen-bond donors (Lipinski definition) is 0. The van der Waals surface area contributed by atoms with Gasteiger partial charge in [0, 0.05) is 51.6 Å². The van der Waals surface area contributed by atoms with E-state index in [1.54, 1.807) is 4.90 Å². The predicted molar refractivity (Wildman–Crippen MR) is 128 cm³/mol. The third kappa shape index (κ3) is 11.3. The number of hydroxylamine groups is 2. The Labute approximate surface area is 209 Å². The van der Waals surface area contributed by atoms with E-state index in [2.05, 4.69) is 0 Å². The van der Waals surface area contributed by atoms with Gasteiger partial charge >= 0.3 is 5.97 Å². The maximum atomic E-state index is 12.6. The highest BCUT2D eigenvalue weighted by Crippen LogP contribution is 2.14. The smallest absolute Gasteiger partial charge is 0.333 e. The third-order valence-electron chi connectivity index (χ3n) is 4.64. The molecule has 0 aromatic rings. The number of amides is 3. The predicted octanol–water partition coefficient (Wildman–Crippen LogP) is 2.55. The molecule has 0 unspecified atom stereocenters. The van der Waals surface area contributed by atoms with E-state index in [1.807, 2.05) is 45.2 Å². The van der Waals surface area contributed by atoms with E-state index in [1.165, 1.54) is 0 Å². The van der Waals surface area contributed by atoms with Gasteiger partial charge in [-0.05, 0) is 25.7 Å². The molecular formula is C20H28I2N2O7. The van der Waals surface area contributed by atoms with Crippen molar-refractivity contribution in [2.45, 2.75) is 64.2 Å². The number of alkyl halides is 2. The summed E-state index contributed by atoms with van der Waals surface area (Å²) in [5.74, 6) is -1.52. The summed E-state index contributed by atoms with van der Waals surface area (Å²) in [6.07, 6.45) is 3.15. The second-order valence-electron chi connectivity index (χ2n) is 7.18. The molecule has 0 bridgehead atoms. The van der Waals surface area contributed by atoms with E-state index in [4.69, 9.17) is 4.84 Å². The molecule has 0 atom stereocenters. The van der Waals surface area contributed by atoms with Gasteiger partial charge < -0.3 is 9.74 Å². The fraction of sp³-hybridized carbons (Fsp3) is 0.700. The summed E-state index contributed by atoms with van der Waals surface area (Å²) in [5, 5.41) is 0.517. The topological polar surface area (TPSA) is 118 Å². The Morgan fingerprint density at radius 3 is 1.74 bits per heavy atom. The highest BCUT2D eigenvalue weighted by Gasteiger charge is 2.32. The van der Waals surface area contributed by atoms with Gasteiger partial charge in [0.15, 0.2) is 0 Å². The molecule has 0 aromatic heterocycles. The van der Waals surface area contributed by atoms with Crippen LogP contribution in [0.15, 0.2) is 0 Å². The molecule has 1 aliphatic rings. The van der Waals surface area contributed by atoms with E-state index in [0.29, 0.717) is 65.5 Å². The minimum absolute atomic E-state index is 0.00133. The Hall–Kier alpha value is -1.12. The van der Waals surface area contributed by atoms with Crippen molar-refractivity contribution in [1.29, 1.82) is 0 Å². The molecule has 0 aromatic carbocycles. The molecule has 0 N–H and O–H groups in total. The van der Waals surface area contributed by atoms with Crippen LogP contribution in [-0.2, 0) is 33.6 Å². The van der Waals surface area contributed by atoms with Gasteiger partial charge in [-0.3, -0.25) is 24.0 Å². The van der Waals surface area contributed by atoms with E-state index >= 15 is 0 Å². The number of halogens is 2. The lowest BCUT2D eigenvalue weighted by molar-refractivity contribution is -0.197. The molecule has 1 fully saturated rings. The van der Waals surface area contributed by atoms with Crippen LogP contribution in [-0.4, -0.2) is 67.2 Å². The van der Waals surface area contributed by atoms with Crippen LogP contribution in [0, 0.1) is 0 Å². The standard InChI is InChI=1S/C20H28I2N2O7/c21-13-15(25)5-3-11-23(12-4-6-16(26)14-22)17(27)7-1-2-8-20(30)31-24-18(28)9-10-19(24)29/h1-14H2. The summed E-state index contributed by atoms with van der Waals surface area (Å²) in [6, 6.07) is 0. The maximum Gasteiger partial charge on any atom is 0.333 e. The Morgan fingerprint density at radius 2 is 1.26 bits per heavy atom. The number of rotatable bonds is 16. The molecule has 0 aliphatic carbocycles. The van der Waals surface area contributed by atoms with Crippen molar-refractivity contribution in [1.82, 2.24) is 9.96 Å². The molecule has 0 saturated carbocycles. The van der Waals surface area contributed by atoms with Gasteiger partial charge in [-0.25, -0.2) is 4.79 Å². The largest absolute Gasteiger partial charge is 0.343 e. The number of hydrogen-bond acceptors (Lipinski definition) is 7. The Bertz CT molecular complexity index is 646. The highest BCUT2D eigenvalue weighted by molar-refractivity contribution is 14.1. The van der Waals surface area contributed by atoms with Crippen LogP contribution in [0.3, 0.4) is 0 Å². The quantitative estimate of drug-likeness (QED) is 0.108. The number of Topliss-reactive ketones (excluding diaryl/α,β-unsaturated/α-hetero) is 2. The van der Waals surface area contributed by atoms with Crippen molar-refractivity contribution in [2.24, 2.45) is 0 Å². The summed E-state index contributed by atoms with van der Waals surface area (Å²) < 4.78 is 0.890. The summed E-state index contributed by atoms with van der Waals surface area (Å²) in [6.45, 7) is 0.918. The Kier molecular flexibility index (Phi) is 14.1. The number of carbonyl (C=O) groups excluding carboxylic acids is 6. The molecule has 9 nitrogen and oxygen atoms in total. The van der Waals surface area contributed by atoms with Crippen molar-refractivity contribution in [3.8, 4) is 0 Å². The average Bonchev–Trinajstić information content (AvgIpc) is 3.06. The van der Waals surface area contributed by atoms with E-state index < -0.39 is 17.8 Å². The monoisotopic (exact) mass is 662 g/mol. The molecule has 174 valence electrons. The van der Waals surface area contributed by atoms with Crippen LogP contribution in [0.1, 0.15) is 64.2 Å². The van der Waals surface area contributed by atoms with Crippen LogP contribution in [0.4, 0.5) is 0 Å². The molecule has 3 amide bonds. The normalized spacial score (nSPS) is 13.4. The lowest BCUT2D eigenvalue weighted by atomic mass is 10.1. The van der Waals surface area contributed by atoms with Gasteiger partial charge in [0.05, 0.1) is 8.86 Å². The molecule has 1 saturated heterocycles. The first kappa shape index (κ1) is 27.9. The first-order valence-corrected chi connectivity index (χ1v) is 13.3. The van der Waals surface area contributed by atoms with Crippen molar-refractivity contribution in [2.75, 3.05) is 21.9 Å². The van der Waals surface area contributed by atoms with Gasteiger partial charge in [0.2, 0.25) is 5.91 Å². The average molecular weight is 662 g/mol. The van der Waals surface area contributed by atoms with Gasteiger partial charge in [-0.15, -0.1) is 5.06 Å². The maximum absolute atomic E-state index is 12.6. The zero-order valence-corrected chi connectivity index (χ0v) is 21.7. The minimum atomic E-state index is -0.678. The Balaban J connectivity index is 2.38. The zero-order chi connectivity index (χ0) is 23.2. The van der Waals surface area contributed by atoms with Gasteiger partial charge in [0.1, 0.15) is 11.6 Å². The van der Waals surface area contributed by atoms with Crippen LogP contribution < -0.4 is 0 Å². The van der Waals surface area contributed by atoms with Crippen molar-refractivity contribution < 1.29 is 33.6 Å². The summed E-state index contributed by atoms with van der Waals surface area (Å²) in [7, 11) is 0. The lowest BCUT2D eigenvalue weighted by Gasteiger charge is -2.22. The van der Waals surface area contributed by atoms with Crippen LogP contribution >= 0.6 is 45.2 Å². The molecule has 1 aliphatic heterocycles. The molecule has 11 heteroatoms. The van der Waals surface area contributed by atoms with Crippen molar-refractivity contribution >= 4 is 80.4 Å². The second kappa shape index (κ2) is 15.6. The molecular weight excluding hydrogens is 634 g/mol. The van der Waals surface area contributed by atoms with Crippen LogP contribution in [0.25, 0.3) is 0 Å². The summed E-state index contributed by atoms with van der Waals surface area (Å²) in [4.78, 5) is 76.8. The van der Waals surface area contributed by atoms with Gasteiger partial charge in [-0.2, -0.15) is 0 Å². The van der Waals surface area contributed by atoms with Crippen molar-refractivity contribution in [3.05, 3.63) is 0 Å². The van der Waals surface area contributed by atoms with Gasteiger partial charge in [-0.1, -0.05) is 45.2 Å². The molecule has 1 rings (SSSR count). The van der Waals surface area contributed by atoms with E-state index in [0.717, 1.165) is 0 Å². The number of unbranched alkanes of at least 4 members (excludes halogenated alkanes) is 1. The first-order valence-electron chi connectivity index (χ1n) is 10.3. The zero-order valence-electron chi connectivity index (χ0n) is 17.4. The molecule has 1 heterocycles. The van der Waals surface area contributed by atoms with Crippen molar-refractivity contribution in [3.63, 3.8) is 0 Å². The molecule has 0 radical (unpaired) electrons. The fourth-order valence-corrected chi connectivity index (χ4v) is 3.70. The fourth-order valence-electron chi connectivity index (χ4n) is 2.94. The lowest BCUT2D eigenvalue weighted by Crippen LogP contribution is -2.33. The number of ketones is 2.